The van der Waals surface area contributed by atoms with Crippen LogP contribution in [0.5, 0.6) is 0 Å². The largest absolute Gasteiger partial charge is 0.481 e. The molecule has 82 valence electrons. The number of carboxylic acid groups (broad SMARTS) is 1. The molecule has 0 atom stereocenters. The number of rotatable bonds is 4. The molecule has 0 spiro atoms. The highest BCUT2D eigenvalue weighted by molar-refractivity contribution is 7.94. The maximum absolute atomic E-state index is 12.3. The molecule has 0 amide bonds. The number of hydrogen-bond acceptors (Lipinski definition) is 3. The highest BCUT2D eigenvalue weighted by Crippen LogP contribution is 2.42. The zero-order valence-electron chi connectivity index (χ0n) is 8.04. The van der Waals surface area contributed by atoms with Crippen LogP contribution in [0, 0.1) is 5.41 Å². The molecule has 0 unspecified atom stereocenters. The van der Waals surface area contributed by atoms with Gasteiger partial charge >= 0.3 is 5.97 Å². The third kappa shape index (κ3) is 2.85. The lowest BCUT2D eigenvalue weighted by molar-refractivity contribution is -0.140. The molecular formula is C9H16FNO2S. The quantitative estimate of drug-likeness (QED) is 0.761. The Hall–Kier alpha value is -0.290. The third-order valence-electron chi connectivity index (χ3n) is 3.08. The second kappa shape index (κ2) is 4.98. The van der Waals surface area contributed by atoms with E-state index in [1.807, 2.05) is 0 Å². The molecule has 1 aliphatic rings. The van der Waals surface area contributed by atoms with E-state index >= 15 is 0 Å². The van der Waals surface area contributed by atoms with Gasteiger partial charge in [0.05, 0.1) is 6.42 Å². The third-order valence-corrected chi connectivity index (χ3v) is 3.80. The van der Waals surface area contributed by atoms with Gasteiger partial charge in [-0.1, -0.05) is 0 Å². The van der Waals surface area contributed by atoms with E-state index in [-0.39, 0.29) is 17.1 Å². The first-order valence-corrected chi connectivity index (χ1v) is 5.59. The molecule has 0 heterocycles. The Labute approximate surface area is 87.5 Å². The summed E-state index contributed by atoms with van der Waals surface area (Å²) in [5.74, 6) is -0.804. The molecule has 0 aromatic heterocycles. The topological polar surface area (TPSA) is 63.3 Å². The van der Waals surface area contributed by atoms with Gasteiger partial charge in [-0.3, -0.25) is 4.79 Å². The standard InChI is InChI=1S/C9H16FNO2S/c10-14-7-1-3-9(6-11,4-2-7)5-8(12)13/h7H,1-6,11H2,(H,12,13). The summed E-state index contributed by atoms with van der Waals surface area (Å²) in [6.45, 7) is 0.392. The Morgan fingerprint density at radius 3 is 2.50 bits per heavy atom. The van der Waals surface area contributed by atoms with Gasteiger partial charge in [-0.15, -0.1) is 0 Å². The van der Waals surface area contributed by atoms with Gasteiger partial charge in [0, 0.05) is 17.4 Å². The molecule has 0 aromatic carbocycles. The second-order valence-corrected chi connectivity index (χ2v) is 4.91. The second-order valence-electron chi connectivity index (χ2n) is 4.06. The van der Waals surface area contributed by atoms with Crippen LogP contribution in [0.4, 0.5) is 3.89 Å². The minimum atomic E-state index is -0.804. The van der Waals surface area contributed by atoms with E-state index < -0.39 is 5.97 Å². The summed E-state index contributed by atoms with van der Waals surface area (Å²) in [5, 5.41) is 8.80. The fourth-order valence-corrected chi connectivity index (χ4v) is 2.48. The van der Waals surface area contributed by atoms with E-state index in [0.29, 0.717) is 18.7 Å². The molecule has 14 heavy (non-hydrogen) atoms. The monoisotopic (exact) mass is 221 g/mol. The Bertz CT molecular complexity index is 205. The van der Waals surface area contributed by atoms with Gasteiger partial charge in [0.25, 0.3) is 0 Å². The molecular weight excluding hydrogens is 205 g/mol. The first kappa shape index (κ1) is 11.8. The van der Waals surface area contributed by atoms with Crippen molar-refractivity contribution in [2.24, 2.45) is 11.1 Å². The minimum absolute atomic E-state index is 0.0449. The van der Waals surface area contributed by atoms with Crippen LogP contribution < -0.4 is 5.73 Å². The number of carboxylic acids is 1. The summed E-state index contributed by atoms with van der Waals surface area (Å²) in [6, 6.07) is 0. The fraction of sp³-hybridized carbons (Fsp3) is 0.889. The number of carbonyl (C=O) groups is 1. The molecule has 3 N–H and O–H groups in total. The maximum atomic E-state index is 12.3. The van der Waals surface area contributed by atoms with Crippen molar-refractivity contribution in [1.82, 2.24) is 0 Å². The number of aliphatic carboxylic acids is 1. The predicted molar refractivity (Wildman–Crippen MR) is 54.7 cm³/mol. The van der Waals surface area contributed by atoms with E-state index in [4.69, 9.17) is 10.8 Å². The van der Waals surface area contributed by atoms with Crippen molar-refractivity contribution in [2.75, 3.05) is 6.54 Å². The van der Waals surface area contributed by atoms with Crippen molar-refractivity contribution in [3.63, 3.8) is 0 Å². The summed E-state index contributed by atoms with van der Waals surface area (Å²) in [7, 11) is 0. The fourth-order valence-electron chi connectivity index (χ4n) is 2.07. The Balaban J connectivity index is 2.52. The predicted octanol–water partition coefficient (Wildman–Crippen LogP) is 1.97. The maximum Gasteiger partial charge on any atom is 0.303 e. The van der Waals surface area contributed by atoms with Crippen LogP contribution in [-0.2, 0) is 4.79 Å². The zero-order chi connectivity index (χ0) is 10.6. The van der Waals surface area contributed by atoms with Gasteiger partial charge in [0.15, 0.2) is 0 Å². The molecule has 3 nitrogen and oxygen atoms in total. The summed E-state index contributed by atoms with van der Waals surface area (Å²) >= 11 is 0.388. The highest BCUT2D eigenvalue weighted by atomic mass is 32.2. The molecule has 1 aliphatic carbocycles. The first-order chi connectivity index (χ1) is 6.62. The summed E-state index contributed by atoms with van der Waals surface area (Å²) < 4.78 is 12.3. The van der Waals surface area contributed by atoms with E-state index in [9.17, 15) is 8.68 Å². The van der Waals surface area contributed by atoms with Gasteiger partial charge in [-0.05, 0) is 37.6 Å². The summed E-state index contributed by atoms with van der Waals surface area (Å²) in [6.07, 6.45) is 3.07. The molecule has 1 saturated carbocycles. The molecule has 0 aliphatic heterocycles. The number of halogens is 1. The van der Waals surface area contributed by atoms with E-state index in [0.717, 1.165) is 25.7 Å². The van der Waals surface area contributed by atoms with Crippen molar-refractivity contribution in [3.8, 4) is 0 Å². The van der Waals surface area contributed by atoms with Gasteiger partial charge in [0.1, 0.15) is 0 Å². The smallest absolute Gasteiger partial charge is 0.303 e. The van der Waals surface area contributed by atoms with Crippen LogP contribution >= 0.6 is 12.1 Å². The summed E-state index contributed by atoms with van der Waals surface area (Å²) in [5.41, 5.74) is 5.33. The van der Waals surface area contributed by atoms with Crippen LogP contribution in [0.2, 0.25) is 0 Å². The Morgan fingerprint density at radius 1 is 1.57 bits per heavy atom. The van der Waals surface area contributed by atoms with Crippen LogP contribution in [0.3, 0.4) is 0 Å². The normalized spacial score (nSPS) is 32.9. The van der Waals surface area contributed by atoms with E-state index in [1.165, 1.54) is 0 Å². The Morgan fingerprint density at radius 2 is 2.14 bits per heavy atom. The molecule has 0 bridgehead atoms. The van der Waals surface area contributed by atoms with Crippen LogP contribution in [0.15, 0.2) is 0 Å². The Kier molecular flexibility index (Phi) is 4.19. The molecule has 0 aromatic rings. The van der Waals surface area contributed by atoms with Crippen molar-refractivity contribution >= 4 is 18.1 Å². The van der Waals surface area contributed by atoms with Gasteiger partial charge < -0.3 is 10.8 Å². The van der Waals surface area contributed by atoms with Crippen LogP contribution in [0.25, 0.3) is 0 Å². The van der Waals surface area contributed by atoms with Crippen LogP contribution in [-0.4, -0.2) is 22.9 Å². The summed E-state index contributed by atoms with van der Waals surface area (Å²) in [4.78, 5) is 10.6. The zero-order valence-corrected chi connectivity index (χ0v) is 8.86. The molecule has 5 heteroatoms. The van der Waals surface area contributed by atoms with Crippen molar-refractivity contribution < 1.29 is 13.8 Å². The molecule has 1 rings (SSSR count). The lowest BCUT2D eigenvalue weighted by Gasteiger charge is -2.37. The van der Waals surface area contributed by atoms with E-state index in [1.54, 1.807) is 0 Å². The van der Waals surface area contributed by atoms with E-state index in [2.05, 4.69) is 0 Å². The van der Waals surface area contributed by atoms with Crippen molar-refractivity contribution in [2.45, 2.75) is 37.4 Å². The average molecular weight is 221 g/mol. The molecule has 1 fully saturated rings. The van der Waals surface area contributed by atoms with Crippen molar-refractivity contribution in [1.29, 1.82) is 0 Å². The average Bonchev–Trinajstić information content (AvgIpc) is 2.18. The lowest BCUT2D eigenvalue weighted by Crippen LogP contribution is -2.37. The minimum Gasteiger partial charge on any atom is -0.481 e. The van der Waals surface area contributed by atoms with Gasteiger partial charge in [-0.2, -0.15) is 3.89 Å². The lowest BCUT2D eigenvalue weighted by atomic mass is 9.72. The SMILES string of the molecule is NCC1(CC(=O)O)CCC(SF)CC1. The van der Waals surface area contributed by atoms with Gasteiger partial charge in [0.2, 0.25) is 0 Å². The van der Waals surface area contributed by atoms with Gasteiger partial charge in [-0.25, -0.2) is 0 Å². The van der Waals surface area contributed by atoms with Crippen LogP contribution in [0.1, 0.15) is 32.1 Å². The highest BCUT2D eigenvalue weighted by Gasteiger charge is 2.36. The molecule has 0 saturated heterocycles. The first-order valence-electron chi connectivity index (χ1n) is 4.81. The van der Waals surface area contributed by atoms with Crippen molar-refractivity contribution in [3.05, 3.63) is 0 Å². The number of nitrogens with two attached hydrogens (primary N) is 1. The number of hydrogen-bond donors (Lipinski definition) is 2. The molecule has 0 radical (unpaired) electrons.